The minimum absolute atomic E-state index is 0.157. The van der Waals surface area contributed by atoms with E-state index in [4.69, 9.17) is 0 Å². The molecule has 5 nitrogen and oxygen atoms in total. The van der Waals surface area contributed by atoms with Crippen molar-refractivity contribution >= 4 is 22.4 Å². The standard InChI is InChI=1S/C14H22N4OS/c1-9(2)15-12(19)10-5-7-18(8-6-10)14-17-16-13(20-14)11-3-4-11/h9-11H,3-8H2,1-2H3,(H,15,19). The second-order valence-electron chi connectivity index (χ2n) is 6.12. The van der Waals surface area contributed by atoms with Gasteiger partial charge in [-0.05, 0) is 39.5 Å². The summed E-state index contributed by atoms with van der Waals surface area (Å²) in [4.78, 5) is 14.3. The highest BCUT2D eigenvalue weighted by atomic mass is 32.1. The number of nitrogens with one attached hydrogen (secondary N) is 1. The topological polar surface area (TPSA) is 58.1 Å². The Bertz CT molecular complexity index is 475. The summed E-state index contributed by atoms with van der Waals surface area (Å²) in [6.07, 6.45) is 4.37. The van der Waals surface area contributed by atoms with Crippen LogP contribution < -0.4 is 10.2 Å². The lowest BCUT2D eigenvalue weighted by Gasteiger charge is -2.31. The molecule has 0 unspecified atom stereocenters. The predicted octanol–water partition coefficient (Wildman–Crippen LogP) is 2.16. The van der Waals surface area contributed by atoms with Gasteiger partial charge in [0.15, 0.2) is 0 Å². The zero-order chi connectivity index (χ0) is 14.1. The summed E-state index contributed by atoms with van der Waals surface area (Å²) in [5.74, 6) is 1.04. The molecule has 2 fully saturated rings. The number of carbonyl (C=O) groups excluding carboxylic acids is 1. The summed E-state index contributed by atoms with van der Waals surface area (Å²) in [7, 11) is 0. The van der Waals surface area contributed by atoms with Gasteiger partial charge in [0.05, 0.1) is 0 Å². The van der Waals surface area contributed by atoms with Gasteiger partial charge in [-0.1, -0.05) is 11.3 Å². The average molecular weight is 294 g/mol. The molecule has 3 rings (SSSR count). The highest BCUT2D eigenvalue weighted by Crippen LogP contribution is 2.42. The van der Waals surface area contributed by atoms with Gasteiger partial charge >= 0.3 is 0 Å². The molecule has 0 atom stereocenters. The number of anilines is 1. The first kappa shape index (κ1) is 13.8. The lowest BCUT2D eigenvalue weighted by molar-refractivity contribution is -0.126. The number of nitrogens with zero attached hydrogens (tertiary/aromatic N) is 3. The van der Waals surface area contributed by atoms with E-state index in [2.05, 4.69) is 20.4 Å². The van der Waals surface area contributed by atoms with E-state index in [1.54, 1.807) is 11.3 Å². The van der Waals surface area contributed by atoms with E-state index >= 15 is 0 Å². The third-order valence-corrected chi connectivity index (χ3v) is 5.07. The maximum absolute atomic E-state index is 12.0. The normalized spacial score (nSPS) is 20.4. The van der Waals surface area contributed by atoms with Gasteiger partial charge in [-0.15, -0.1) is 10.2 Å². The van der Waals surface area contributed by atoms with Gasteiger partial charge in [0.1, 0.15) is 5.01 Å². The van der Waals surface area contributed by atoms with Crippen molar-refractivity contribution in [3.63, 3.8) is 0 Å². The molecular weight excluding hydrogens is 272 g/mol. The Hall–Kier alpha value is -1.17. The van der Waals surface area contributed by atoms with Crippen molar-refractivity contribution in [3.05, 3.63) is 5.01 Å². The molecule has 0 spiro atoms. The number of hydrogen-bond donors (Lipinski definition) is 1. The van der Waals surface area contributed by atoms with Crippen molar-refractivity contribution in [2.75, 3.05) is 18.0 Å². The average Bonchev–Trinajstić information content (AvgIpc) is 3.16. The fraction of sp³-hybridized carbons (Fsp3) is 0.786. The minimum Gasteiger partial charge on any atom is -0.354 e. The van der Waals surface area contributed by atoms with Crippen LogP contribution in [0.3, 0.4) is 0 Å². The van der Waals surface area contributed by atoms with Gasteiger partial charge in [-0.25, -0.2) is 0 Å². The van der Waals surface area contributed by atoms with Gasteiger partial charge in [0.25, 0.3) is 0 Å². The summed E-state index contributed by atoms with van der Waals surface area (Å²) < 4.78 is 0. The van der Waals surface area contributed by atoms with Crippen molar-refractivity contribution in [3.8, 4) is 0 Å². The Morgan fingerprint density at radius 3 is 2.55 bits per heavy atom. The highest BCUT2D eigenvalue weighted by molar-refractivity contribution is 7.15. The molecule has 2 heterocycles. The van der Waals surface area contributed by atoms with Crippen molar-refractivity contribution in [2.24, 2.45) is 5.92 Å². The number of amides is 1. The quantitative estimate of drug-likeness (QED) is 0.924. The molecule has 2 aliphatic rings. The van der Waals surface area contributed by atoms with E-state index in [1.807, 2.05) is 13.8 Å². The van der Waals surface area contributed by atoms with E-state index in [0.29, 0.717) is 5.92 Å². The maximum atomic E-state index is 12.0. The van der Waals surface area contributed by atoms with Gasteiger partial charge in [0.2, 0.25) is 11.0 Å². The summed E-state index contributed by atoms with van der Waals surface area (Å²) >= 11 is 1.73. The summed E-state index contributed by atoms with van der Waals surface area (Å²) in [6.45, 7) is 5.84. The second-order valence-corrected chi connectivity index (χ2v) is 7.11. The first-order valence-corrected chi connectivity index (χ1v) is 8.34. The van der Waals surface area contributed by atoms with Gasteiger partial charge < -0.3 is 10.2 Å². The zero-order valence-electron chi connectivity index (χ0n) is 12.1. The monoisotopic (exact) mass is 294 g/mol. The Morgan fingerprint density at radius 2 is 1.95 bits per heavy atom. The number of aromatic nitrogens is 2. The van der Waals surface area contributed by atoms with Crippen LogP contribution in [0.25, 0.3) is 0 Å². The smallest absolute Gasteiger partial charge is 0.223 e. The molecule has 6 heteroatoms. The third kappa shape index (κ3) is 3.11. The summed E-state index contributed by atoms with van der Waals surface area (Å²) in [5, 5.41) is 13.9. The SMILES string of the molecule is CC(C)NC(=O)C1CCN(c2nnc(C3CC3)s2)CC1. The first-order valence-electron chi connectivity index (χ1n) is 7.52. The molecule has 20 heavy (non-hydrogen) atoms. The Morgan fingerprint density at radius 1 is 1.25 bits per heavy atom. The van der Waals surface area contributed by atoms with Crippen molar-refractivity contribution in [1.29, 1.82) is 0 Å². The van der Waals surface area contributed by atoms with Crippen LogP contribution in [-0.2, 0) is 4.79 Å². The molecule has 0 bridgehead atoms. The Kier molecular flexibility index (Phi) is 3.92. The van der Waals surface area contributed by atoms with E-state index in [1.165, 1.54) is 17.8 Å². The van der Waals surface area contributed by atoms with E-state index in [9.17, 15) is 4.79 Å². The van der Waals surface area contributed by atoms with Crippen LogP contribution in [0.1, 0.15) is 50.5 Å². The van der Waals surface area contributed by atoms with E-state index in [-0.39, 0.29) is 17.9 Å². The Labute approximate surface area is 123 Å². The number of rotatable bonds is 4. The molecular formula is C14H22N4OS. The third-order valence-electron chi connectivity index (χ3n) is 3.92. The highest BCUT2D eigenvalue weighted by Gasteiger charge is 2.30. The molecule has 1 aromatic rings. The van der Waals surface area contributed by atoms with Crippen molar-refractivity contribution in [1.82, 2.24) is 15.5 Å². The van der Waals surface area contributed by atoms with Crippen LogP contribution in [0.2, 0.25) is 0 Å². The molecule has 0 radical (unpaired) electrons. The van der Waals surface area contributed by atoms with Crippen LogP contribution in [0.4, 0.5) is 5.13 Å². The lowest BCUT2D eigenvalue weighted by Crippen LogP contribution is -2.42. The van der Waals surface area contributed by atoms with Crippen LogP contribution in [0.5, 0.6) is 0 Å². The largest absolute Gasteiger partial charge is 0.354 e. The lowest BCUT2D eigenvalue weighted by atomic mass is 9.96. The van der Waals surface area contributed by atoms with Crippen molar-refractivity contribution < 1.29 is 4.79 Å². The fourth-order valence-electron chi connectivity index (χ4n) is 2.58. The maximum Gasteiger partial charge on any atom is 0.223 e. The zero-order valence-corrected chi connectivity index (χ0v) is 12.9. The van der Waals surface area contributed by atoms with Crippen LogP contribution in [0, 0.1) is 5.92 Å². The van der Waals surface area contributed by atoms with Gasteiger partial charge in [-0.2, -0.15) is 0 Å². The molecule has 1 aliphatic carbocycles. The molecule has 1 N–H and O–H groups in total. The van der Waals surface area contributed by atoms with Gasteiger partial charge in [0, 0.05) is 31.0 Å². The number of piperidine rings is 1. The number of carbonyl (C=O) groups is 1. The fourth-order valence-corrected chi connectivity index (χ4v) is 3.65. The van der Waals surface area contributed by atoms with Crippen LogP contribution in [0.15, 0.2) is 0 Å². The first-order chi connectivity index (χ1) is 9.63. The Balaban J connectivity index is 1.53. The molecule has 1 saturated heterocycles. The van der Waals surface area contributed by atoms with E-state index < -0.39 is 0 Å². The molecule has 1 amide bonds. The number of hydrogen-bond acceptors (Lipinski definition) is 5. The van der Waals surface area contributed by atoms with Crippen molar-refractivity contribution in [2.45, 2.75) is 51.5 Å². The molecule has 1 saturated carbocycles. The molecule has 110 valence electrons. The van der Waals surface area contributed by atoms with E-state index in [0.717, 1.165) is 31.1 Å². The molecule has 0 aromatic carbocycles. The second kappa shape index (κ2) is 5.68. The minimum atomic E-state index is 0.157. The predicted molar refractivity (Wildman–Crippen MR) is 80.1 cm³/mol. The van der Waals surface area contributed by atoms with Crippen LogP contribution >= 0.6 is 11.3 Å². The van der Waals surface area contributed by atoms with Crippen LogP contribution in [-0.4, -0.2) is 35.2 Å². The molecule has 1 aromatic heterocycles. The molecule has 1 aliphatic heterocycles. The summed E-state index contributed by atoms with van der Waals surface area (Å²) in [5.41, 5.74) is 0. The van der Waals surface area contributed by atoms with Gasteiger partial charge in [-0.3, -0.25) is 4.79 Å². The summed E-state index contributed by atoms with van der Waals surface area (Å²) in [6, 6.07) is 0.227.